The molecule has 5 heteroatoms. The highest BCUT2D eigenvalue weighted by Crippen LogP contribution is 2.29. The van der Waals surface area contributed by atoms with Crippen LogP contribution in [0.3, 0.4) is 0 Å². The molecule has 1 amide bonds. The topological polar surface area (TPSA) is 56.8 Å². The molecule has 0 aliphatic heterocycles. The Kier molecular flexibility index (Phi) is 6.07. The Morgan fingerprint density at radius 2 is 1.88 bits per heavy atom. The summed E-state index contributed by atoms with van der Waals surface area (Å²) in [5.74, 6) is 1.65. The van der Waals surface area contributed by atoms with E-state index in [0.29, 0.717) is 29.4 Å². The average molecular weight is 329 g/mol. The standard InChI is InChI=1S/C19H23NO4/c1-5-17(24-15-8-6-7-13(2)11-15)19(21)20-16-10-9-14(22-3)12-18(16)23-4/h6-12,17H,5H2,1-4H3,(H,20,21)/t17-/m1/s1. The molecule has 0 bridgehead atoms. The molecular formula is C19H23NO4. The van der Waals surface area contributed by atoms with Gasteiger partial charge in [-0.15, -0.1) is 0 Å². The number of anilines is 1. The second-order valence-corrected chi connectivity index (χ2v) is 5.39. The largest absolute Gasteiger partial charge is 0.497 e. The maximum Gasteiger partial charge on any atom is 0.265 e. The van der Waals surface area contributed by atoms with Crippen molar-refractivity contribution in [3.63, 3.8) is 0 Å². The number of methoxy groups -OCH3 is 2. The first kappa shape index (κ1) is 17.7. The van der Waals surface area contributed by atoms with Crippen LogP contribution in [0.4, 0.5) is 5.69 Å². The number of rotatable bonds is 7. The van der Waals surface area contributed by atoms with E-state index in [-0.39, 0.29) is 5.91 Å². The van der Waals surface area contributed by atoms with Gasteiger partial charge in [0.1, 0.15) is 17.2 Å². The number of amides is 1. The van der Waals surface area contributed by atoms with Crippen molar-refractivity contribution < 1.29 is 19.0 Å². The molecule has 0 aliphatic rings. The predicted octanol–water partition coefficient (Wildman–Crippen LogP) is 3.81. The lowest BCUT2D eigenvalue weighted by Crippen LogP contribution is -2.32. The van der Waals surface area contributed by atoms with Crippen molar-refractivity contribution in [2.24, 2.45) is 0 Å². The average Bonchev–Trinajstić information content (AvgIpc) is 2.59. The van der Waals surface area contributed by atoms with Crippen molar-refractivity contribution in [3.8, 4) is 17.2 Å². The maximum absolute atomic E-state index is 12.5. The molecule has 0 saturated heterocycles. The molecule has 0 saturated carbocycles. The van der Waals surface area contributed by atoms with Gasteiger partial charge >= 0.3 is 0 Å². The summed E-state index contributed by atoms with van der Waals surface area (Å²) in [6.45, 7) is 3.89. The number of carbonyl (C=O) groups is 1. The van der Waals surface area contributed by atoms with Crippen LogP contribution in [0.25, 0.3) is 0 Å². The van der Waals surface area contributed by atoms with E-state index in [9.17, 15) is 4.79 Å². The molecule has 0 fully saturated rings. The van der Waals surface area contributed by atoms with Gasteiger partial charge < -0.3 is 19.5 Å². The Balaban J connectivity index is 2.12. The number of hydrogen-bond acceptors (Lipinski definition) is 4. The molecule has 2 rings (SSSR count). The van der Waals surface area contributed by atoms with Crippen LogP contribution in [0.5, 0.6) is 17.2 Å². The molecule has 0 unspecified atom stereocenters. The zero-order valence-corrected chi connectivity index (χ0v) is 14.5. The van der Waals surface area contributed by atoms with Gasteiger partial charge in [0.05, 0.1) is 19.9 Å². The van der Waals surface area contributed by atoms with Crippen molar-refractivity contribution in [2.75, 3.05) is 19.5 Å². The highest BCUT2D eigenvalue weighted by Gasteiger charge is 2.20. The van der Waals surface area contributed by atoms with Gasteiger partial charge in [-0.25, -0.2) is 0 Å². The highest BCUT2D eigenvalue weighted by atomic mass is 16.5. The van der Waals surface area contributed by atoms with Crippen LogP contribution >= 0.6 is 0 Å². The highest BCUT2D eigenvalue weighted by molar-refractivity contribution is 5.95. The minimum atomic E-state index is -0.585. The first-order chi connectivity index (χ1) is 11.6. The van der Waals surface area contributed by atoms with E-state index in [1.807, 2.05) is 38.1 Å². The van der Waals surface area contributed by atoms with E-state index in [1.54, 1.807) is 32.4 Å². The molecule has 0 radical (unpaired) electrons. The normalized spacial score (nSPS) is 11.5. The molecule has 5 nitrogen and oxygen atoms in total. The smallest absolute Gasteiger partial charge is 0.265 e. The molecule has 0 aromatic heterocycles. The minimum absolute atomic E-state index is 0.220. The molecule has 128 valence electrons. The Labute approximate surface area is 142 Å². The van der Waals surface area contributed by atoms with Crippen LogP contribution in [0.2, 0.25) is 0 Å². The van der Waals surface area contributed by atoms with E-state index in [0.717, 1.165) is 5.56 Å². The van der Waals surface area contributed by atoms with Crippen LogP contribution in [0.15, 0.2) is 42.5 Å². The third-order valence-electron chi connectivity index (χ3n) is 3.60. The summed E-state index contributed by atoms with van der Waals surface area (Å²) in [6.07, 6.45) is -0.0308. The fourth-order valence-electron chi connectivity index (χ4n) is 2.29. The van der Waals surface area contributed by atoms with E-state index in [4.69, 9.17) is 14.2 Å². The molecule has 0 heterocycles. The van der Waals surface area contributed by atoms with Crippen molar-refractivity contribution >= 4 is 11.6 Å². The number of ether oxygens (including phenoxy) is 3. The SMILES string of the molecule is CC[C@@H](Oc1cccc(C)c1)C(=O)Nc1ccc(OC)cc1OC. The first-order valence-corrected chi connectivity index (χ1v) is 7.83. The summed E-state index contributed by atoms with van der Waals surface area (Å²) < 4.78 is 16.3. The Morgan fingerprint density at radius 1 is 1.08 bits per heavy atom. The lowest BCUT2D eigenvalue weighted by Gasteiger charge is -2.18. The van der Waals surface area contributed by atoms with E-state index >= 15 is 0 Å². The van der Waals surface area contributed by atoms with Crippen molar-refractivity contribution in [1.82, 2.24) is 0 Å². The predicted molar refractivity (Wildman–Crippen MR) is 94.1 cm³/mol. The summed E-state index contributed by atoms with van der Waals surface area (Å²) in [5.41, 5.74) is 1.66. The second kappa shape index (κ2) is 8.24. The second-order valence-electron chi connectivity index (χ2n) is 5.39. The molecule has 1 atom stereocenters. The van der Waals surface area contributed by atoms with Gasteiger partial charge in [-0.2, -0.15) is 0 Å². The minimum Gasteiger partial charge on any atom is -0.497 e. The van der Waals surface area contributed by atoms with Gasteiger partial charge in [0, 0.05) is 6.07 Å². The summed E-state index contributed by atoms with van der Waals surface area (Å²) in [7, 11) is 3.13. The lowest BCUT2D eigenvalue weighted by atomic mass is 10.2. The number of carbonyl (C=O) groups excluding carboxylic acids is 1. The molecule has 2 aromatic carbocycles. The lowest BCUT2D eigenvalue weighted by molar-refractivity contribution is -0.122. The first-order valence-electron chi connectivity index (χ1n) is 7.83. The van der Waals surface area contributed by atoms with Crippen molar-refractivity contribution in [2.45, 2.75) is 26.4 Å². The third kappa shape index (κ3) is 4.41. The van der Waals surface area contributed by atoms with Gasteiger partial charge in [0.2, 0.25) is 0 Å². The van der Waals surface area contributed by atoms with Crippen LogP contribution in [-0.2, 0) is 4.79 Å². The van der Waals surface area contributed by atoms with Crippen LogP contribution < -0.4 is 19.5 Å². The quantitative estimate of drug-likeness (QED) is 0.839. The number of hydrogen-bond donors (Lipinski definition) is 1. The van der Waals surface area contributed by atoms with E-state index in [2.05, 4.69) is 5.32 Å². The molecule has 1 N–H and O–H groups in total. The van der Waals surface area contributed by atoms with Gasteiger partial charge in [-0.05, 0) is 43.2 Å². The van der Waals surface area contributed by atoms with Gasteiger partial charge in [0.25, 0.3) is 5.91 Å². The number of nitrogens with one attached hydrogen (secondary N) is 1. The zero-order chi connectivity index (χ0) is 17.5. The summed E-state index contributed by atoms with van der Waals surface area (Å²) >= 11 is 0. The van der Waals surface area contributed by atoms with Crippen LogP contribution in [-0.4, -0.2) is 26.2 Å². The Hall–Kier alpha value is -2.69. The molecular weight excluding hydrogens is 306 g/mol. The van der Waals surface area contributed by atoms with Gasteiger partial charge in [-0.3, -0.25) is 4.79 Å². The molecule has 0 spiro atoms. The zero-order valence-electron chi connectivity index (χ0n) is 14.5. The van der Waals surface area contributed by atoms with Gasteiger partial charge in [0.15, 0.2) is 6.10 Å². The monoisotopic (exact) mass is 329 g/mol. The Morgan fingerprint density at radius 3 is 2.50 bits per heavy atom. The number of aryl methyl sites for hydroxylation is 1. The van der Waals surface area contributed by atoms with E-state index in [1.165, 1.54) is 0 Å². The fraction of sp³-hybridized carbons (Fsp3) is 0.316. The maximum atomic E-state index is 12.5. The van der Waals surface area contributed by atoms with Crippen molar-refractivity contribution in [3.05, 3.63) is 48.0 Å². The molecule has 0 aliphatic carbocycles. The summed E-state index contributed by atoms with van der Waals surface area (Å²) in [4.78, 5) is 12.5. The van der Waals surface area contributed by atoms with E-state index < -0.39 is 6.10 Å². The summed E-state index contributed by atoms with van der Waals surface area (Å²) in [5, 5.41) is 2.85. The fourth-order valence-corrected chi connectivity index (χ4v) is 2.29. The summed E-state index contributed by atoms with van der Waals surface area (Å²) in [6, 6.07) is 12.9. The van der Waals surface area contributed by atoms with Crippen LogP contribution in [0, 0.1) is 6.92 Å². The third-order valence-corrected chi connectivity index (χ3v) is 3.60. The van der Waals surface area contributed by atoms with Gasteiger partial charge in [-0.1, -0.05) is 19.1 Å². The Bertz CT molecular complexity index is 700. The van der Waals surface area contributed by atoms with Crippen LogP contribution in [0.1, 0.15) is 18.9 Å². The molecule has 24 heavy (non-hydrogen) atoms. The number of benzene rings is 2. The molecule has 2 aromatic rings. The van der Waals surface area contributed by atoms with Crippen molar-refractivity contribution in [1.29, 1.82) is 0 Å².